The summed E-state index contributed by atoms with van der Waals surface area (Å²) in [6.45, 7) is 1.13. The Morgan fingerprint density at radius 2 is 2.29 bits per heavy atom. The smallest absolute Gasteiger partial charge is 0.340 e. The van der Waals surface area contributed by atoms with E-state index in [4.69, 9.17) is 0 Å². The summed E-state index contributed by atoms with van der Waals surface area (Å²) in [5, 5.41) is 0. The van der Waals surface area contributed by atoms with Crippen LogP contribution in [0.4, 0.5) is 4.39 Å². The molecule has 0 fully saturated rings. The van der Waals surface area contributed by atoms with Crippen molar-refractivity contribution in [3.63, 3.8) is 0 Å². The van der Waals surface area contributed by atoms with Crippen molar-refractivity contribution < 1.29 is 13.9 Å². The molecule has 0 spiro atoms. The summed E-state index contributed by atoms with van der Waals surface area (Å²) in [6, 6.07) is 0. The number of alkyl halides is 1. The van der Waals surface area contributed by atoms with Crippen LogP contribution < -0.4 is 0 Å². The lowest BCUT2D eigenvalue weighted by Gasteiger charge is -1.94. The maximum Gasteiger partial charge on any atom is 0.340 e. The van der Waals surface area contributed by atoms with Crippen molar-refractivity contribution in [2.24, 2.45) is 0 Å². The van der Waals surface area contributed by atoms with Crippen LogP contribution in [0.15, 0.2) is 0 Å². The Morgan fingerprint density at radius 1 is 1.86 bits per heavy atom. The van der Waals surface area contributed by atoms with Gasteiger partial charge in [-0.2, -0.15) is 0 Å². The monoisotopic (exact) mass is 106 g/mol. The van der Waals surface area contributed by atoms with Crippen molar-refractivity contribution in [3.05, 3.63) is 0 Å². The van der Waals surface area contributed by atoms with E-state index < -0.39 is 12.1 Å². The molecular formula is C4H7FO2. The van der Waals surface area contributed by atoms with Gasteiger partial charge in [0, 0.05) is 0 Å². The van der Waals surface area contributed by atoms with Crippen LogP contribution in [-0.4, -0.2) is 19.3 Å². The number of methoxy groups -OCH3 is 1. The van der Waals surface area contributed by atoms with E-state index in [1.165, 1.54) is 0 Å². The molecule has 0 unspecified atom stereocenters. The van der Waals surface area contributed by atoms with Crippen LogP contribution in [-0.2, 0) is 9.53 Å². The van der Waals surface area contributed by atoms with Crippen LogP contribution in [0.1, 0.15) is 6.92 Å². The zero-order chi connectivity index (χ0) is 5.86. The number of ether oxygens (including phenoxy) is 1. The summed E-state index contributed by atoms with van der Waals surface area (Å²) in [6.07, 6.45) is -1.50. The van der Waals surface area contributed by atoms with E-state index in [0.29, 0.717) is 0 Å². The fourth-order valence-corrected chi connectivity index (χ4v) is 0.162. The van der Waals surface area contributed by atoms with Gasteiger partial charge in [0.15, 0.2) is 6.17 Å². The van der Waals surface area contributed by atoms with E-state index in [0.717, 1.165) is 14.0 Å². The number of halogens is 1. The molecule has 0 N–H and O–H groups in total. The predicted octanol–water partition coefficient (Wildman–Crippen LogP) is 0.517. The Labute approximate surface area is 41.3 Å². The van der Waals surface area contributed by atoms with Crippen LogP contribution >= 0.6 is 0 Å². The molecule has 0 aliphatic rings. The molecule has 2 nitrogen and oxygen atoms in total. The second kappa shape index (κ2) is 2.55. The molecule has 0 saturated carbocycles. The van der Waals surface area contributed by atoms with Crippen LogP contribution in [0.2, 0.25) is 0 Å². The first-order valence-electron chi connectivity index (χ1n) is 1.90. The number of esters is 1. The third-order valence-corrected chi connectivity index (χ3v) is 0.526. The van der Waals surface area contributed by atoms with Gasteiger partial charge in [-0.3, -0.25) is 0 Å². The molecule has 0 aromatic carbocycles. The molecule has 0 aliphatic carbocycles. The van der Waals surface area contributed by atoms with E-state index in [2.05, 4.69) is 4.74 Å². The molecule has 7 heavy (non-hydrogen) atoms. The molecule has 0 amide bonds. The van der Waals surface area contributed by atoms with Crippen LogP contribution in [0.3, 0.4) is 0 Å². The molecule has 0 radical (unpaired) electrons. The summed E-state index contributed by atoms with van der Waals surface area (Å²) in [5.41, 5.74) is 0. The van der Waals surface area contributed by atoms with Crippen molar-refractivity contribution in [1.82, 2.24) is 0 Å². The minimum Gasteiger partial charge on any atom is -0.467 e. The van der Waals surface area contributed by atoms with E-state index in [1.54, 1.807) is 0 Å². The van der Waals surface area contributed by atoms with Crippen LogP contribution in [0, 0.1) is 0 Å². The molecule has 0 aromatic heterocycles. The summed E-state index contributed by atoms with van der Waals surface area (Å²) in [5.74, 6) is -0.819. The highest BCUT2D eigenvalue weighted by molar-refractivity contribution is 5.73. The lowest BCUT2D eigenvalue weighted by molar-refractivity contribution is -0.145. The lowest BCUT2D eigenvalue weighted by Crippen LogP contribution is -2.12. The van der Waals surface area contributed by atoms with E-state index >= 15 is 0 Å². The van der Waals surface area contributed by atoms with Crippen molar-refractivity contribution in [1.29, 1.82) is 0 Å². The average molecular weight is 106 g/mol. The Bertz CT molecular complexity index is 70.1. The zero-order valence-corrected chi connectivity index (χ0v) is 4.27. The Hall–Kier alpha value is -0.600. The molecule has 3 heteroatoms. The third-order valence-electron chi connectivity index (χ3n) is 0.526. The van der Waals surface area contributed by atoms with Crippen molar-refractivity contribution >= 4 is 5.97 Å². The summed E-state index contributed by atoms with van der Waals surface area (Å²) in [4.78, 5) is 9.91. The van der Waals surface area contributed by atoms with Crippen molar-refractivity contribution in [2.45, 2.75) is 13.1 Å². The SMILES string of the molecule is COC(=O)[C@@H](C)F. The largest absolute Gasteiger partial charge is 0.467 e. The first-order valence-corrected chi connectivity index (χ1v) is 1.90. The Balaban J connectivity index is 3.35. The highest BCUT2D eigenvalue weighted by Crippen LogP contribution is 1.88. The molecule has 0 aromatic rings. The molecule has 0 bridgehead atoms. The maximum absolute atomic E-state index is 11.6. The number of carbonyl (C=O) groups is 1. The molecular weight excluding hydrogens is 99.0 g/mol. The van der Waals surface area contributed by atoms with Crippen LogP contribution in [0.5, 0.6) is 0 Å². The van der Waals surface area contributed by atoms with Gasteiger partial charge in [-0.15, -0.1) is 0 Å². The first kappa shape index (κ1) is 6.40. The number of hydrogen-bond donors (Lipinski definition) is 0. The highest BCUT2D eigenvalue weighted by atomic mass is 19.1. The van der Waals surface area contributed by atoms with Gasteiger partial charge >= 0.3 is 5.97 Å². The van der Waals surface area contributed by atoms with Gasteiger partial charge in [0.25, 0.3) is 0 Å². The van der Waals surface area contributed by atoms with Gasteiger partial charge in [-0.05, 0) is 6.92 Å². The van der Waals surface area contributed by atoms with Gasteiger partial charge in [0.1, 0.15) is 0 Å². The summed E-state index contributed by atoms with van der Waals surface area (Å²) in [7, 11) is 1.15. The second-order valence-corrected chi connectivity index (χ2v) is 1.14. The standard InChI is InChI=1S/C4H7FO2/c1-3(5)4(6)7-2/h3H,1-2H3/t3-/m1/s1. The number of rotatable bonds is 1. The van der Waals surface area contributed by atoms with Gasteiger partial charge in [-0.1, -0.05) is 0 Å². The summed E-state index contributed by atoms with van der Waals surface area (Å²) >= 11 is 0. The predicted molar refractivity (Wildman–Crippen MR) is 22.6 cm³/mol. The van der Waals surface area contributed by atoms with Crippen molar-refractivity contribution in [2.75, 3.05) is 7.11 Å². The van der Waals surface area contributed by atoms with Gasteiger partial charge < -0.3 is 4.74 Å². The normalized spacial score (nSPS) is 13.0. The Kier molecular flexibility index (Phi) is 2.33. The van der Waals surface area contributed by atoms with Crippen molar-refractivity contribution in [3.8, 4) is 0 Å². The fraction of sp³-hybridized carbons (Fsp3) is 0.750. The van der Waals surface area contributed by atoms with Gasteiger partial charge in [0.2, 0.25) is 0 Å². The maximum atomic E-state index is 11.6. The topological polar surface area (TPSA) is 26.3 Å². The molecule has 1 atom stereocenters. The van der Waals surface area contributed by atoms with E-state index in [1.807, 2.05) is 0 Å². The Morgan fingerprint density at radius 3 is 2.29 bits per heavy atom. The molecule has 0 heterocycles. The quantitative estimate of drug-likeness (QED) is 0.455. The molecule has 0 aliphatic heterocycles. The number of hydrogen-bond acceptors (Lipinski definition) is 2. The first-order chi connectivity index (χ1) is 3.18. The number of carbonyl (C=O) groups excluding carboxylic acids is 1. The average Bonchev–Trinajstić information content (AvgIpc) is 1.65. The highest BCUT2D eigenvalue weighted by Gasteiger charge is 2.08. The molecule has 0 rings (SSSR count). The molecule has 42 valence electrons. The van der Waals surface area contributed by atoms with E-state index in [-0.39, 0.29) is 0 Å². The fourth-order valence-electron chi connectivity index (χ4n) is 0.162. The van der Waals surface area contributed by atoms with E-state index in [9.17, 15) is 9.18 Å². The van der Waals surface area contributed by atoms with Crippen LogP contribution in [0.25, 0.3) is 0 Å². The third kappa shape index (κ3) is 2.14. The summed E-state index contributed by atoms with van der Waals surface area (Å²) < 4.78 is 15.6. The zero-order valence-electron chi connectivity index (χ0n) is 4.27. The second-order valence-electron chi connectivity index (χ2n) is 1.14. The van der Waals surface area contributed by atoms with Gasteiger partial charge in [0.05, 0.1) is 7.11 Å². The van der Waals surface area contributed by atoms with Gasteiger partial charge in [-0.25, -0.2) is 9.18 Å². The molecule has 0 saturated heterocycles. The minimum absolute atomic E-state index is 0.819. The lowest BCUT2D eigenvalue weighted by atomic mass is 10.5. The minimum atomic E-state index is -1.50.